The van der Waals surface area contributed by atoms with Crippen LogP contribution in [-0.2, 0) is 10.0 Å². The summed E-state index contributed by atoms with van der Waals surface area (Å²) in [7, 11) is -3.66. The smallest absolute Gasteiger partial charge is 0.271 e. The summed E-state index contributed by atoms with van der Waals surface area (Å²) in [5, 5.41) is 13.7. The highest BCUT2D eigenvalue weighted by molar-refractivity contribution is 7.89. The molecule has 1 aromatic rings. The molecule has 112 valence electrons. The van der Waals surface area contributed by atoms with Crippen molar-refractivity contribution in [3.05, 3.63) is 28.3 Å². The minimum atomic E-state index is -3.66. The molecule has 1 aromatic carbocycles. The van der Waals surface area contributed by atoms with Crippen LogP contribution in [0.5, 0.6) is 0 Å². The number of benzene rings is 1. The number of hydrogen-bond donors (Lipinski definition) is 2. The van der Waals surface area contributed by atoms with Gasteiger partial charge in [0.05, 0.1) is 10.6 Å². The normalized spacial score (nSPS) is 11.3. The van der Waals surface area contributed by atoms with Gasteiger partial charge in [-0.25, -0.2) is 13.1 Å². The molecule has 0 radical (unpaired) electrons. The summed E-state index contributed by atoms with van der Waals surface area (Å²) in [6.45, 7) is 4.65. The number of nitro groups is 1. The Morgan fingerprint density at radius 3 is 2.40 bits per heavy atom. The average Bonchev–Trinajstić information content (AvgIpc) is 2.42. The van der Waals surface area contributed by atoms with Gasteiger partial charge in [0.1, 0.15) is 4.90 Å². The molecule has 0 saturated heterocycles. The van der Waals surface area contributed by atoms with Crippen molar-refractivity contribution in [1.82, 2.24) is 4.72 Å². The molecule has 20 heavy (non-hydrogen) atoms. The minimum Gasteiger partial charge on any atom is -0.384 e. The van der Waals surface area contributed by atoms with Crippen LogP contribution in [0.4, 0.5) is 11.4 Å². The zero-order valence-corrected chi connectivity index (χ0v) is 12.4. The van der Waals surface area contributed by atoms with Crippen LogP contribution in [0.25, 0.3) is 0 Å². The van der Waals surface area contributed by atoms with Gasteiger partial charge in [-0.05, 0) is 18.9 Å². The van der Waals surface area contributed by atoms with Crippen LogP contribution in [0.2, 0.25) is 0 Å². The fraction of sp³-hybridized carbons (Fsp3) is 0.500. The van der Waals surface area contributed by atoms with Gasteiger partial charge < -0.3 is 5.32 Å². The molecule has 0 fully saturated rings. The van der Waals surface area contributed by atoms with E-state index in [9.17, 15) is 18.5 Å². The van der Waals surface area contributed by atoms with E-state index >= 15 is 0 Å². The van der Waals surface area contributed by atoms with Gasteiger partial charge in [0, 0.05) is 25.2 Å². The molecular weight excluding hydrogens is 282 g/mol. The molecule has 0 amide bonds. The van der Waals surface area contributed by atoms with Gasteiger partial charge in [0.2, 0.25) is 10.0 Å². The molecule has 8 heteroatoms. The number of nitro benzene ring substituents is 1. The van der Waals surface area contributed by atoms with Crippen molar-refractivity contribution in [3.8, 4) is 0 Å². The first-order valence-corrected chi connectivity index (χ1v) is 7.92. The number of rotatable bonds is 8. The first-order valence-electron chi connectivity index (χ1n) is 6.44. The lowest BCUT2D eigenvalue weighted by atomic mass is 10.2. The van der Waals surface area contributed by atoms with E-state index in [0.717, 1.165) is 6.42 Å². The van der Waals surface area contributed by atoms with Gasteiger partial charge in [-0.2, -0.15) is 0 Å². The second-order valence-electron chi connectivity index (χ2n) is 4.26. The highest BCUT2D eigenvalue weighted by Crippen LogP contribution is 2.26. The van der Waals surface area contributed by atoms with Crippen molar-refractivity contribution in [2.75, 3.05) is 18.4 Å². The number of anilines is 1. The SMILES string of the molecule is CCCNc1cc([N+](=O)[O-])ccc1S(=O)(=O)NCCC. The number of non-ortho nitro benzene ring substituents is 1. The largest absolute Gasteiger partial charge is 0.384 e. The third-order valence-electron chi connectivity index (χ3n) is 2.57. The maximum absolute atomic E-state index is 12.1. The summed E-state index contributed by atoms with van der Waals surface area (Å²) in [6.07, 6.45) is 1.45. The first kappa shape index (κ1) is 16.4. The quantitative estimate of drug-likeness (QED) is 0.565. The summed E-state index contributed by atoms with van der Waals surface area (Å²) in [5.74, 6) is 0. The molecule has 0 unspecified atom stereocenters. The Morgan fingerprint density at radius 2 is 1.85 bits per heavy atom. The Morgan fingerprint density at radius 1 is 1.20 bits per heavy atom. The van der Waals surface area contributed by atoms with Crippen molar-refractivity contribution in [3.63, 3.8) is 0 Å². The predicted octanol–water partition coefficient (Wildman–Crippen LogP) is 2.10. The molecule has 0 saturated carbocycles. The Bertz CT molecular complexity index is 572. The second kappa shape index (κ2) is 7.20. The van der Waals surface area contributed by atoms with Gasteiger partial charge >= 0.3 is 0 Å². The van der Waals surface area contributed by atoms with E-state index in [-0.39, 0.29) is 16.3 Å². The van der Waals surface area contributed by atoms with E-state index in [4.69, 9.17) is 0 Å². The zero-order valence-electron chi connectivity index (χ0n) is 11.5. The third-order valence-corrected chi connectivity index (χ3v) is 4.09. The fourth-order valence-corrected chi connectivity index (χ4v) is 2.87. The second-order valence-corrected chi connectivity index (χ2v) is 6.00. The van der Waals surface area contributed by atoms with E-state index < -0.39 is 14.9 Å². The Balaban J connectivity index is 3.20. The molecule has 0 aliphatic carbocycles. The van der Waals surface area contributed by atoms with Crippen molar-refractivity contribution >= 4 is 21.4 Å². The Hall–Kier alpha value is -1.67. The van der Waals surface area contributed by atoms with Gasteiger partial charge in [0.15, 0.2) is 0 Å². The molecule has 0 heterocycles. The summed E-state index contributed by atoms with van der Waals surface area (Å²) < 4.78 is 26.7. The van der Waals surface area contributed by atoms with Crippen LogP contribution in [0.15, 0.2) is 23.1 Å². The Kier molecular flexibility index (Phi) is 5.90. The molecular formula is C12H19N3O4S. The molecule has 0 bridgehead atoms. The standard InChI is InChI=1S/C12H19N3O4S/c1-3-7-13-11-9-10(15(16)17)5-6-12(11)20(18,19)14-8-4-2/h5-6,9,13-14H,3-4,7-8H2,1-2H3. The summed E-state index contributed by atoms with van der Waals surface area (Å²) in [5.41, 5.74) is 0.114. The van der Waals surface area contributed by atoms with Crippen molar-refractivity contribution in [2.45, 2.75) is 31.6 Å². The molecule has 0 atom stereocenters. The summed E-state index contributed by atoms with van der Waals surface area (Å²) in [6, 6.07) is 3.70. The third kappa shape index (κ3) is 4.17. The molecule has 1 rings (SSSR count). The Labute approximate surface area is 118 Å². The molecule has 0 aromatic heterocycles. The number of hydrogen-bond acceptors (Lipinski definition) is 5. The monoisotopic (exact) mass is 301 g/mol. The van der Waals surface area contributed by atoms with Gasteiger partial charge in [-0.15, -0.1) is 0 Å². The molecule has 2 N–H and O–H groups in total. The van der Waals surface area contributed by atoms with Crippen LogP contribution < -0.4 is 10.0 Å². The van der Waals surface area contributed by atoms with E-state index in [1.54, 1.807) is 0 Å². The lowest BCUT2D eigenvalue weighted by Crippen LogP contribution is -2.25. The number of nitrogens with one attached hydrogen (secondary N) is 2. The number of sulfonamides is 1. The average molecular weight is 301 g/mol. The lowest BCUT2D eigenvalue weighted by molar-refractivity contribution is -0.384. The van der Waals surface area contributed by atoms with Crippen molar-refractivity contribution in [1.29, 1.82) is 0 Å². The minimum absolute atomic E-state index is 0.0324. The van der Waals surface area contributed by atoms with E-state index in [2.05, 4.69) is 10.0 Å². The van der Waals surface area contributed by atoms with E-state index in [0.29, 0.717) is 19.5 Å². The van der Waals surface area contributed by atoms with Crippen LogP contribution in [0.3, 0.4) is 0 Å². The zero-order chi connectivity index (χ0) is 15.2. The van der Waals surface area contributed by atoms with Gasteiger partial charge in [0.25, 0.3) is 5.69 Å². The molecule has 0 spiro atoms. The fourth-order valence-electron chi connectivity index (χ4n) is 1.58. The van der Waals surface area contributed by atoms with Crippen LogP contribution in [-0.4, -0.2) is 26.4 Å². The number of nitrogens with zero attached hydrogens (tertiary/aromatic N) is 1. The maximum atomic E-state index is 12.1. The van der Waals surface area contributed by atoms with Crippen LogP contribution >= 0.6 is 0 Å². The van der Waals surface area contributed by atoms with Crippen LogP contribution in [0.1, 0.15) is 26.7 Å². The summed E-state index contributed by atoms with van der Waals surface area (Å²) in [4.78, 5) is 10.3. The van der Waals surface area contributed by atoms with Gasteiger partial charge in [-0.1, -0.05) is 13.8 Å². The molecule has 0 aliphatic rings. The van der Waals surface area contributed by atoms with E-state index in [1.807, 2.05) is 13.8 Å². The topological polar surface area (TPSA) is 101 Å². The van der Waals surface area contributed by atoms with Crippen LogP contribution in [0, 0.1) is 10.1 Å². The lowest BCUT2D eigenvalue weighted by Gasteiger charge is -2.12. The highest BCUT2D eigenvalue weighted by Gasteiger charge is 2.20. The molecule has 0 aliphatic heterocycles. The predicted molar refractivity (Wildman–Crippen MR) is 77.4 cm³/mol. The van der Waals surface area contributed by atoms with E-state index in [1.165, 1.54) is 18.2 Å². The van der Waals surface area contributed by atoms with Crippen molar-refractivity contribution in [2.24, 2.45) is 0 Å². The highest BCUT2D eigenvalue weighted by atomic mass is 32.2. The first-order chi connectivity index (χ1) is 9.42. The maximum Gasteiger partial charge on any atom is 0.271 e. The molecule has 7 nitrogen and oxygen atoms in total. The van der Waals surface area contributed by atoms with Gasteiger partial charge in [-0.3, -0.25) is 10.1 Å². The summed E-state index contributed by atoms with van der Waals surface area (Å²) >= 11 is 0. The van der Waals surface area contributed by atoms with Crippen molar-refractivity contribution < 1.29 is 13.3 Å².